The topological polar surface area (TPSA) is 44.7 Å². The summed E-state index contributed by atoms with van der Waals surface area (Å²) in [6.45, 7) is 4.81. The van der Waals surface area contributed by atoms with Crippen molar-refractivity contribution in [1.82, 2.24) is 10.2 Å². The number of benzene rings is 2. The highest BCUT2D eigenvalue weighted by molar-refractivity contribution is 5.33. The van der Waals surface area contributed by atoms with Crippen LogP contribution in [0.3, 0.4) is 0 Å². The van der Waals surface area contributed by atoms with Crippen molar-refractivity contribution in [3.63, 3.8) is 0 Å². The zero-order valence-corrected chi connectivity index (χ0v) is 17.5. The van der Waals surface area contributed by atoms with Crippen molar-refractivity contribution in [2.75, 3.05) is 33.3 Å². The Morgan fingerprint density at radius 3 is 2.45 bits per heavy atom. The van der Waals surface area contributed by atoms with E-state index < -0.39 is 0 Å². The standard InChI is InChI=1S/C25H34N2O2/c1-29-23-10-6-21(7-11-23)24-17-25(24)26-18-20-12-15-27(16-13-20)14-2-3-19-4-8-22(28)9-5-19/h4-11,20,24-26,28H,2-3,12-18H2,1H3. The number of methoxy groups -OCH3 is 1. The molecule has 1 aliphatic heterocycles. The summed E-state index contributed by atoms with van der Waals surface area (Å²) in [5, 5.41) is 13.2. The van der Waals surface area contributed by atoms with Crippen LogP contribution in [0.15, 0.2) is 48.5 Å². The molecule has 0 radical (unpaired) electrons. The molecule has 1 saturated carbocycles. The molecule has 0 aromatic heterocycles. The number of nitrogens with zero attached hydrogens (tertiary/aromatic N) is 1. The summed E-state index contributed by atoms with van der Waals surface area (Å²) in [6.07, 6.45) is 6.18. The molecule has 2 unspecified atom stereocenters. The van der Waals surface area contributed by atoms with E-state index in [1.165, 1.54) is 63.0 Å². The van der Waals surface area contributed by atoms with Gasteiger partial charge in [0.25, 0.3) is 0 Å². The largest absolute Gasteiger partial charge is 0.508 e. The summed E-state index contributed by atoms with van der Waals surface area (Å²) >= 11 is 0. The molecule has 0 spiro atoms. The van der Waals surface area contributed by atoms with Gasteiger partial charge in [-0.3, -0.25) is 0 Å². The molecule has 29 heavy (non-hydrogen) atoms. The van der Waals surface area contributed by atoms with Crippen LogP contribution in [-0.4, -0.2) is 49.3 Å². The van der Waals surface area contributed by atoms with Gasteiger partial charge in [-0.15, -0.1) is 0 Å². The third-order valence-corrected chi connectivity index (χ3v) is 6.59. The first-order valence-corrected chi connectivity index (χ1v) is 11.1. The fourth-order valence-corrected chi connectivity index (χ4v) is 4.54. The predicted octanol–water partition coefficient (Wildman–Crippen LogP) is 4.19. The predicted molar refractivity (Wildman–Crippen MR) is 118 cm³/mol. The van der Waals surface area contributed by atoms with Crippen LogP contribution < -0.4 is 10.1 Å². The van der Waals surface area contributed by atoms with E-state index in [0.29, 0.717) is 17.7 Å². The molecule has 2 N–H and O–H groups in total. The van der Waals surface area contributed by atoms with Crippen molar-refractivity contribution in [2.45, 2.75) is 44.1 Å². The molecule has 4 nitrogen and oxygen atoms in total. The van der Waals surface area contributed by atoms with Crippen LogP contribution in [0.2, 0.25) is 0 Å². The van der Waals surface area contributed by atoms with Crippen molar-refractivity contribution >= 4 is 0 Å². The maximum Gasteiger partial charge on any atom is 0.118 e. The van der Waals surface area contributed by atoms with Crippen LogP contribution in [0.4, 0.5) is 0 Å². The zero-order valence-electron chi connectivity index (χ0n) is 17.5. The highest BCUT2D eigenvalue weighted by Crippen LogP contribution is 2.41. The summed E-state index contributed by atoms with van der Waals surface area (Å²) in [5.41, 5.74) is 2.75. The Kier molecular flexibility index (Phi) is 6.73. The maximum absolute atomic E-state index is 9.37. The highest BCUT2D eigenvalue weighted by Gasteiger charge is 2.38. The molecule has 2 aromatic carbocycles. The minimum absolute atomic E-state index is 0.353. The molecule has 1 heterocycles. The summed E-state index contributed by atoms with van der Waals surface area (Å²) in [6, 6.07) is 16.9. The first-order chi connectivity index (χ1) is 14.2. The fourth-order valence-electron chi connectivity index (χ4n) is 4.54. The first kappa shape index (κ1) is 20.2. The number of likely N-dealkylation sites (tertiary alicyclic amines) is 1. The number of hydrogen-bond acceptors (Lipinski definition) is 4. The second-order valence-electron chi connectivity index (χ2n) is 8.69. The number of aromatic hydroxyl groups is 1. The number of hydrogen-bond donors (Lipinski definition) is 2. The average Bonchev–Trinajstić information content (AvgIpc) is 3.54. The van der Waals surface area contributed by atoms with Crippen molar-refractivity contribution < 1.29 is 9.84 Å². The molecule has 1 aliphatic carbocycles. The molecule has 2 fully saturated rings. The lowest BCUT2D eigenvalue weighted by atomic mass is 9.96. The number of piperidine rings is 1. The highest BCUT2D eigenvalue weighted by atomic mass is 16.5. The molecule has 4 heteroatoms. The van der Waals surface area contributed by atoms with Gasteiger partial charge in [-0.05, 0) is 99.6 Å². The lowest BCUT2D eigenvalue weighted by molar-refractivity contribution is 0.180. The van der Waals surface area contributed by atoms with E-state index in [4.69, 9.17) is 4.74 Å². The monoisotopic (exact) mass is 394 g/mol. The molecule has 4 rings (SSSR count). The van der Waals surface area contributed by atoms with Crippen LogP contribution in [-0.2, 0) is 6.42 Å². The van der Waals surface area contributed by atoms with Gasteiger partial charge in [0.1, 0.15) is 11.5 Å². The molecule has 2 aromatic rings. The molecule has 2 atom stereocenters. The number of phenols is 1. The Morgan fingerprint density at radius 2 is 1.76 bits per heavy atom. The van der Waals surface area contributed by atoms with E-state index in [0.717, 1.165) is 18.1 Å². The number of nitrogens with one attached hydrogen (secondary N) is 1. The normalized spacial score (nSPS) is 22.5. The molecular formula is C25H34N2O2. The Labute approximate surface area is 174 Å². The molecule has 0 bridgehead atoms. The van der Waals surface area contributed by atoms with Gasteiger partial charge in [0, 0.05) is 12.0 Å². The Bertz CT molecular complexity index is 751. The maximum atomic E-state index is 9.37. The second kappa shape index (κ2) is 9.64. The SMILES string of the molecule is COc1ccc(C2CC2NCC2CCN(CCCc3ccc(O)cc3)CC2)cc1. The Morgan fingerprint density at radius 1 is 1.03 bits per heavy atom. The van der Waals surface area contributed by atoms with Gasteiger partial charge in [0.05, 0.1) is 7.11 Å². The van der Waals surface area contributed by atoms with E-state index >= 15 is 0 Å². The fraction of sp³-hybridized carbons (Fsp3) is 0.520. The van der Waals surface area contributed by atoms with E-state index in [1.807, 2.05) is 12.1 Å². The van der Waals surface area contributed by atoms with Gasteiger partial charge in [0.2, 0.25) is 0 Å². The smallest absolute Gasteiger partial charge is 0.118 e. The quantitative estimate of drug-likeness (QED) is 0.669. The molecule has 0 amide bonds. The lowest BCUT2D eigenvalue weighted by Gasteiger charge is -2.32. The Hall–Kier alpha value is -2.04. The minimum atomic E-state index is 0.353. The third kappa shape index (κ3) is 5.74. The average molecular weight is 395 g/mol. The van der Waals surface area contributed by atoms with Gasteiger partial charge < -0.3 is 20.1 Å². The van der Waals surface area contributed by atoms with Crippen molar-refractivity contribution in [3.8, 4) is 11.5 Å². The third-order valence-electron chi connectivity index (χ3n) is 6.59. The van der Waals surface area contributed by atoms with Gasteiger partial charge in [0.15, 0.2) is 0 Å². The summed E-state index contributed by atoms with van der Waals surface area (Å²) in [5.74, 6) is 2.79. The summed E-state index contributed by atoms with van der Waals surface area (Å²) < 4.78 is 5.25. The zero-order chi connectivity index (χ0) is 20.1. The van der Waals surface area contributed by atoms with Gasteiger partial charge in [-0.1, -0.05) is 24.3 Å². The van der Waals surface area contributed by atoms with Crippen LogP contribution in [0, 0.1) is 5.92 Å². The molecular weight excluding hydrogens is 360 g/mol. The minimum Gasteiger partial charge on any atom is -0.508 e. The second-order valence-corrected chi connectivity index (χ2v) is 8.69. The van der Waals surface area contributed by atoms with Crippen molar-refractivity contribution in [3.05, 3.63) is 59.7 Å². The van der Waals surface area contributed by atoms with Gasteiger partial charge in [-0.2, -0.15) is 0 Å². The van der Waals surface area contributed by atoms with Crippen LogP contribution in [0.5, 0.6) is 11.5 Å². The molecule has 2 aliphatic rings. The van der Waals surface area contributed by atoms with Crippen LogP contribution in [0.25, 0.3) is 0 Å². The first-order valence-electron chi connectivity index (χ1n) is 11.1. The molecule has 1 saturated heterocycles. The van der Waals surface area contributed by atoms with E-state index in [9.17, 15) is 5.11 Å². The van der Waals surface area contributed by atoms with Crippen LogP contribution in [0.1, 0.15) is 42.7 Å². The molecule has 156 valence electrons. The summed E-state index contributed by atoms with van der Waals surface area (Å²) in [4.78, 5) is 2.62. The van der Waals surface area contributed by atoms with Gasteiger partial charge >= 0.3 is 0 Å². The van der Waals surface area contributed by atoms with Gasteiger partial charge in [-0.25, -0.2) is 0 Å². The van der Waals surface area contributed by atoms with E-state index in [-0.39, 0.29) is 0 Å². The van der Waals surface area contributed by atoms with Crippen molar-refractivity contribution in [1.29, 1.82) is 0 Å². The Balaban J connectivity index is 1.10. The van der Waals surface area contributed by atoms with Crippen LogP contribution >= 0.6 is 0 Å². The lowest BCUT2D eigenvalue weighted by Crippen LogP contribution is -2.38. The van der Waals surface area contributed by atoms with Crippen molar-refractivity contribution in [2.24, 2.45) is 5.92 Å². The van der Waals surface area contributed by atoms with E-state index in [1.54, 1.807) is 19.2 Å². The number of ether oxygens (including phenoxy) is 1. The van der Waals surface area contributed by atoms with E-state index in [2.05, 4.69) is 34.5 Å². The number of rotatable bonds is 9. The summed E-state index contributed by atoms with van der Waals surface area (Å²) in [7, 11) is 1.72. The number of phenolic OH excluding ortho intramolecular Hbond substituents is 1. The number of aryl methyl sites for hydroxylation is 1.